The molecule has 0 aromatic heterocycles. The van der Waals surface area contributed by atoms with E-state index in [4.69, 9.17) is 77.9 Å². The predicted molar refractivity (Wildman–Crippen MR) is 143 cm³/mol. The summed E-state index contributed by atoms with van der Waals surface area (Å²) in [5.74, 6) is -0.888. The Bertz CT molecular complexity index is 1440. The smallest absolute Gasteiger partial charge is 0.349 e. The zero-order valence-electron chi connectivity index (χ0n) is 17.8. The van der Waals surface area contributed by atoms with Gasteiger partial charge in [-0.05, 0) is 23.8 Å². The molecule has 6 nitrogen and oxygen atoms in total. The van der Waals surface area contributed by atoms with Crippen LogP contribution in [0.15, 0.2) is 58.4 Å². The van der Waals surface area contributed by atoms with Gasteiger partial charge in [0.25, 0.3) is 0 Å². The van der Waals surface area contributed by atoms with Crippen molar-refractivity contribution in [2.24, 2.45) is 5.73 Å². The fraction of sp³-hybridized carbons (Fsp3) is 0.0833. The molecule has 0 saturated heterocycles. The number of hydrogen-bond donors (Lipinski definition) is 1. The number of esters is 1. The molecule has 1 heterocycles. The Balaban J connectivity index is 1.56. The molecule has 0 fully saturated rings. The molecule has 0 amide bonds. The Morgan fingerprint density at radius 2 is 1.69 bits per heavy atom. The van der Waals surface area contributed by atoms with Gasteiger partial charge in [0.1, 0.15) is 33.2 Å². The number of hydrogen-bond acceptors (Lipinski definition) is 6. The van der Waals surface area contributed by atoms with Gasteiger partial charge in [0.15, 0.2) is 12.4 Å². The molecular weight excluding hydrogens is 637 g/mol. The number of benzene rings is 3. The number of nitriles is 1. The number of rotatable bonds is 5. The van der Waals surface area contributed by atoms with E-state index in [0.29, 0.717) is 11.3 Å². The van der Waals surface area contributed by atoms with Crippen molar-refractivity contribution < 1.29 is 19.0 Å². The Morgan fingerprint density at radius 3 is 2.33 bits per heavy atom. The summed E-state index contributed by atoms with van der Waals surface area (Å²) in [6, 6.07) is 14.4. The minimum Gasteiger partial charge on any atom is -0.479 e. The second-order valence-corrected chi connectivity index (χ2v) is 10.1. The lowest BCUT2D eigenvalue weighted by Gasteiger charge is -2.26. The van der Waals surface area contributed by atoms with Gasteiger partial charge in [-0.2, -0.15) is 5.26 Å². The first kappa shape index (κ1) is 26.7. The minimum atomic E-state index is -0.773. The maximum atomic E-state index is 12.5. The van der Waals surface area contributed by atoms with Crippen molar-refractivity contribution in [3.8, 4) is 23.3 Å². The second kappa shape index (κ2) is 11.0. The molecular formula is C24H12BrCl5N2O4. The van der Waals surface area contributed by atoms with E-state index in [1.54, 1.807) is 12.1 Å². The number of carbonyl (C=O) groups is 1. The van der Waals surface area contributed by atoms with Crippen LogP contribution in [-0.4, -0.2) is 12.6 Å². The average Bonchev–Trinajstić information content (AvgIpc) is 2.85. The molecule has 3 aromatic carbocycles. The van der Waals surface area contributed by atoms with Gasteiger partial charge in [0.05, 0.1) is 21.0 Å². The van der Waals surface area contributed by atoms with Crippen molar-refractivity contribution in [1.29, 1.82) is 5.26 Å². The lowest BCUT2D eigenvalue weighted by molar-refractivity contribution is -0.136. The molecule has 0 aliphatic carbocycles. The van der Waals surface area contributed by atoms with Gasteiger partial charge in [-0.15, -0.1) is 0 Å². The van der Waals surface area contributed by atoms with Crippen LogP contribution in [0, 0.1) is 11.3 Å². The number of nitrogens with zero attached hydrogens (tertiary/aromatic N) is 1. The molecule has 2 N–H and O–H groups in total. The molecule has 184 valence electrons. The van der Waals surface area contributed by atoms with Crippen LogP contribution in [0.1, 0.15) is 17.0 Å². The molecule has 0 saturated carbocycles. The Kier molecular flexibility index (Phi) is 8.15. The molecule has 0 bridgehead atoms. The molecule has 3 aromatic rings. The Hall–Kier alpha value is -2.31. The van der Waals surface area contributed by atoms with E-state index >= 15 is 0 Å². The zero-order chi connectivity index (χ0) is 26.1. The Morgan fingerprint density at radius 1 is 1.03 bits per heavy atom. The average molecular weight is 650 g/mol. The predicted octanol–water partition coefficient (Wildman–Crippen LogP) is 7.92. The zero-order valence-corrected chi connectivity index (χ0v) is 23.1. The fourth-order valence-corrected chi connectivity index (χ4v) is 5.18. The summed E-state index contributed by atoms with van der Waals surface area (Å²) in [6.07, 6.45) is 0. The van der Waals surface area contributed by atoms with E-state index in [9.17, 15) is 10.1 Å². The van der Waals surface area contributed by atoms with Gasteiger partial charge in [-0.3, -0.25) is 0 Å². The molecule has 4 rings (SSSR count). The van der Waals surface area contributed by atoms with Crippen LogP contribution in [0.2, 0.25) is 25.1 Å². The highest BCUT2D eigenvalue weighted by Gasteiger charge is 2.31. The van der Waals surface area contributed by atoms with Gasteiger partial charge < -0.3 is 19.9 Å². The molecule has 1 aliphatic heterocycles. The first-order valence-electron chi connectivity index (χ1n) is 9.94. The van der Waals surface area contributed by atoms with Crippen LogP contribution in [0.5, 0.6) is 17.2 Å². The highest BCUT2D eigenvalue weighted by atomic mass is 79.9. The lowest BCUT2D eigenvalue weighted by atomic mass is 9.83. The van der Waals surface area contributed by atoms with Gasteiger partial charge in [-0.1, -0.05) is 92.1 Å². The van der Waals surface area contributed by atoms with Crippen molar-refractivity contribution in [2.75, 3.05) is 6.61 Å². The number of allylic oxidation sites excluding steroid dienone is 1. The Labute approximate surface area is 239 Å². The summed E-state index contributed by atoms with van der Waals surface area (Å²) in [5.41, 5.74) is 7.82. The normalized spacial score (nSPS) is 14.5. The van der Waals surface area contributed by atoms with Crippen molar-refractivity contribution in [3.63, 3.8) is 0 Å². The van der Waals surface area contributed by atoms with Crippen molar-refractivity contribution in [1.82, 2.24) is 0 Å². The fourth-order valence-electron chi connectivity index (χ4n) is 3.53. The van der Waals surface area contributed by atoms with Gasteiger partial charge in [0, 0.05) is 16.1 Å². The topological polar surface area (TPSA) is 94.6 Å². The number of nitrogens with two attached hydrogens (primary N) is 1. The van der Waals surface area contributed by atoms with Crippen LogP contribution in [0.25, 0.3) is 0 Å². The van der Waals surface area contributed by atoms with Crippen LogP contribution in [-0.2, 0) is 4.79 Å². The van der Waals surface area contributed by atoms with E-state index in [1.165, 1.54) is 6.07 Å². The maximum absolute atomic E-state index is 12.5. The van der Waals surface area contributed by atoms with E-state index in [-0.39, 0.29) is 48.1 Å². The third kappa shape index (κ3) is 5.21. The quantitative estimate of drug-likeness (QED) is 0.131. The lowest BCUT2D eigenvalue weighted by Crippen LogP contribution is -2.21. The van der Waals surface area contributed by atoms with Crippen LogP contribution >= 0.6 is 73.9 Å². The standard InChI is InChI=1S/C24H12BrCl5N2O4/c25-11-3-1-2-10(6-11)17-13-5-4-12(7-15(13)36-24(32)14(17)8-31)35-16(33)9-34-23-21(29)19(27)18(26)20(28)22(23)30/h1-7,17H,9,32H2. The molecule has 1 atom stereocenters. The number of carbonyl (C=O) groups excluding carboxylic acids is 1. The van der Waals surface area contributed by atoms with Gasteiger partial charge >= 0.3 is 5.97 Å². The second-order valence-electron chi connectivity index (χ2n) is 7.34. The van der Waals surface area contributed by atoms with Crippen molar-refractivity contribution in [2.45, 2.75) is 5.92 Å². The molecule has 1 unspecified atom stereocenters. The molecule has 1 aliphatic rings. The molecule has 12 heteroatoms. The molecule has 36 heavy (non-hydrogen) atoms. The summed E-state index contributed by atoms with van der Waals surface area (Å²) in [7, 11) is 0. The number of ether oxygens (including phenoxy) is 3. The minimum absolute atomic E-state index is 0.0358. The van der Waals surface area contributed by atoms with Gasteiger partial charge in [0.2, 0.25) is 5.88 Å². The highest BCUT2D eigenvalue weighted by molar-refractivity contribution is 9.10. The monoisotopic (exact) mass is 646 g/mol. The summed E-state index contributed by atoms with van der Waals surface area (Å²) in [5, 5.41) is 9.34. The summed E-state index contributed by atoms with van der Waals surface area (Å²) in [4.78, 5) is 12.5. The summed E-state index contributed by atoms with van der Waals surface area (Å²) in [6.45, 7) is -0.563. The van der Waals surface area contributed by atoms with Crippen LogP contribution in [0.4, 0.5) is 0 Å². The molecule has 0 radical (unpaired) electrons. The number of fused-ring (bicyclic) bond motifs is 1. The summed E-state index contributed by atoms with van der Waals surface area (Å²) < 4.78 is 17.3. The van der Waals surface area contributed by atoms with E-state index in [1.807, 2.05) is 24.3 Å². The first-order valence-corrected chi connectivity index (χ1v) is 12.6. The largest absolute Gasteiger partial charge is 0.479 e. The van der Waals surface area contributed by atoms with E-state index < -0.39 is 18.5 Å². The van der Waals surface area contributed by atoms with E-state index in [2.05, 4.69) is 22.0 Å². The SMILES string of the molecule is N#CC1=C(N)Oc2cc(OC(=O)COc3c(Cl)c(Cl)c(Cl)c(Cl)c3Cl)ccc2C1c1cccc(Br)c1. The number of halogens is 6. The van der Waals surface area contributed by atoms with E-state index in [0.717, 1.165) is 10.0 Å². The first-order chi connectivity index (χ1) is 17.1. The van der Waals surface area contributed by atoms with Crippen molar-refractivity contribution >= 4 is 79.9 Å². The van der Waals surface area contributed by atoms with Crippen molar-refractivity contribution in [3.05, 3.63) is 94.6 Å². The summed E-state index contributed by atoms with van der Waals surface area (Å²) >= 11 is 33.7. The van der Waals surface area contributed by atoms with Gasteiger partial charge in [-0.25, -0.2) is 4.79 Å². The molecule has 0 spiro atoms. The maximum Gasteiger partial charge on any atom is 0.349 e. The highest BCUT2D eigenvalue weighted by Crippen LogP contribution is 2.48. The third-order valence-electron chi connectivity index (χ3n) is 5.11. The third-order valence-corrected chi connectivity index (χ3v) is 7.84. The van der Waals surface area contributed by atoms with Crippen LogP contribution in [0.3, 0.4) is 0 Å². The van der Waals surface area contributed by atoms with Crippen LogP contribution < -0.4 is 19.9 Å².